The predicted octanol–water partition coefficient (Wildman–Crippen LogP) is 2.18. The lowest BCUT2D eigenvalue weighted by Gasteiger charge is -2.35. The van der Waals surface area contributed by atoms with Crippen LogP contribution in [0, 0.1) is 11.3 Å². The van der Waals surface area contributed by atoms with Crippen molar-refractivity contribution in [3.63, 3.8) is 0 Å². The Morgan fingerprint density at radius 1 is 1.24 bits per heavy atom. The molecule has 1 rings (SSSR count). The van der Waals surface area contributed by atoms with Gasteiger partial charge in [0, 0.05) is 6.54 Å². The summed E-state index contributed by atoms with van der Waals surface area (Å²) < 4.78 is 37.7. The van der Waals surface area contributed by atoms with Crippen LogP contribution in [0.15, 0.2) is 0 Å². The van der Waals surface area contributed by atoms with Crippen molar-refractivity contribution in [1.82, 2.24) is 10.2 Å². The van der Waals surface area contributed by atoms with Gasteiger partial charge < -0.3 is 15.3 Å². The third kappa shape index (κ3) is 5.34. The molecule has 0 bridgehead atoms. The van der Waals surface area contributed by atoms with E-state index in [1.807, 2.05) is 6.92 Å². The maximum atomic E-state index is 12.8. The Balaban J connectivity index is 3.07. The summed E-state index contributed by atoms with van der Waals surface area (Å²) in [5.41, 5.74) is -1.01. The van der Waals surface area contributed by atoms with E-state index >= 15 is 0 Å². The number of carbonyl (C=O) groups excluding carboxylic acids is 2. The van der Waals surface area contributed by atoms with Crippen LogP contribution in [0.25, 0.3) is 0 Å². The quantitative estimate of drug-likeness (QED) is 0.781. The van der Waals surface area contributed by atoms with Gasteiger partial charge in [0.05, 0.1) is 0 Å². The minimum atomic E-state index is -5.12. The molecule has 1 saturated heterocycles. The maximum absolute atomic E-state index is 12.8. The minimum absolute atomic E-state index is 0.0195. The number of alkyl halides is 3. The van der Waals surface area contributed by atoms with Gasteiger partial charge in [-0.1, -0.05) is 34.1 Å². The molecule has 0 unspecified atom stereocenters. The van der Waals surface area contributed by atoms with Crippen LogP contribution in [0.4, 0.5) is 13.2 Å². The Bertz CT molecular complexity index is 528. The van der Waals surface area contributed by atoms with Gasteiger partial charge in [-0.2, -0.15) is 13.2 Å². The molecule has 144 valence electrons. The zero-order valence-corrected chi connectivity index (χ0v) is 14.8. The summed E-state index contributed by atoms with van der Waals surface area (Å²) in [5, 5.41) is 11.1. The molecule has 0 aliphatic carbocycles. The molecular formula is C16H25F3N2O4. The smallest absolute Gasteiger partial charge is 0.471 e. The molecule has 1 aliphatic heterocycles. The number of nitrogens with one attached hydrogen (secondary N) is 1. The summed E-state index contributed by atoms with van der Waals surface area (Å²) in [6, 6.07) is -2.56. The number of likely N-dealkylation sites (tertiary alicyclic amines) is 1. The van der Waals surface area contributed by atoms with E-state index < -0.39 is 41.5 Å². The van der Waals surface area contributed by atoms with Gasteiger partial charge in [0.2, 0.25) is 5.91 Å². The first-order valence-electron chi connectivity index (χ1n) is 8.20. The van der Waals surface area contributed by atoms with Crippen LogP contribution < -0.4 is 5.32 Å². The highest BCUT2D eigenvalue weighted by Gasteiger charge is 2.47. The SMILES string of the molecule is CCC[C@H]1C[C@@H](C(=O)O)N(C(=O)[C@@H](NC(=O)C(F)(F)F)C(C)(C)C)C1. The standard InChI is InChI=1S/C16H25F3N2O4/c1-5-6-9-7-10(13(23)24)21(8-9)12(22)11(15(2,3)4)20-14(25)16(17,18)19/h9-11H,5-8H2,1-4H3,(H,20,25)(H,23,24)/t9-,10-,11+/m0/s1. The number of carboxylic acids is 1. The van der Waals surface area contributed by atoms with E-state index in [-0.39, 0.29) is 18.9 Å². The van der Waals surface area contributed by atoms with Gasteiger partial charge in [0.1, 0.15) is 12.1 Å². The van der Waals surface area contributed by atoms with E-state index in [0.29, 0.717) is 0 Å². The maximum Gasteiger partial charge on any atom is 0.471 e. The zero-order valence-electron chi connectivity index (χ0n) is 14.8. The highest BCUT2D eigenvalue weighted by Crippen LogP contribution is 2.31. The van der Waals surface area contributed by atoms with Crippen LogP contribution in [0.5, 0.6) is 0 Å². The molecule has 25 heavy (non-hydrogen) atoms. The lowest BCUT2D eigenvalue weighted by atomic mass is 9.85. The van der Waals surface area contributed by atoms with Crippen molar-refractivity contribution in [3.05, 3.63) is 0 Å². The number of carbonyl (C=O) groups is 3. The van der Waals surface area contributed by atoms with Crippen molar-refractivity contribution >= 4 is 17.8 Å². The molecule has 9 heteroatoms. The summed E-state index contributed by atoms with van der Waals surface area (Å²) in [4.78, 5) is 36.7. The van der Waals surface area contributed by atoms with Gasteiger partial charge in [0.25, 0.3) is 0 Å². The Labute approximate surface area is 144 Å². The van der Waals surface area contributed by atoms with E-state index in [9.17, 15) is 32.7 Å². The summed E-state index contributed by atoms with van der Waals surface area (Å²) >= 11 is 0. The topological polar surface area (TPSA) is 86.7 Å². The number of halogens is 3. The molecule has 0 saturated carbocycles. The molecule has 0 radical (unpaired) electrons. The Morgan fingerprint density at radius 2 is 1.80 bits per heavy atom. The predicted molar refractivity (Wildman–Crippen MR) is 83.6 cm³/mol. The number of nitrogens with zero attached hydrogens (tertiary/aromatic N) is 1. The summed E-state index contributed by atoms with van der Waals surface area (Å²) in [6.07, 6.45) is -3.32. The van der Waals surface area contributed by atoms with Crippen LogP contribution >= 0.6 is 0 Å². The summed E-state index contributed by atoms with van der Waals surface area (Å²) in [6.45, 7) is 6.64. The Morgan fingerprint density at radius 3 is 2.20 bits per heavy atom. The highest BCUT2D eigenvalue weighted by atomic mass is 19.4. The fraction of sp³-hybridized carbons (Fsp3) is 0.812. The van der Waals surface area contributed by atoms with Crippen molar-refractivity contribution in [3.8, 4) is 0 Å². The van der Waals surface area contributed by atoms with Crippen molar-refractivity contribution in [2.75, 3.05) is 6.54 Å². The van der Waals surface area contributed by atoms with E-state index in [2.05, 4.69) is 0 Å². The van der Waals surface area contributed by atoms with E-state index in [4.69, 9.17) is 0 Å². The van der Waals surface area contributed by atoms with Crippen molar-refractivity contribution < 1.29 is 32.7 Å². The van der Waals surface area contributed by atoms with Crippen molar-refractivity contribution in [1.29, 1.82) is 0 Å². The Hall–Kier alpha value is -1.80. The van der Waals surface area contributed by atoms with Crippen molar-refractivity contribution in [2.24, 2.45) is 11.3 Å². The second-order valence-electron chi connectivity index (χ2n) is 7.51. The van der Waals surface area contributed by atoms with Crippen LogP contribution in [0.2, 0.25) is 0 Å². The molecule has 2 amide bonds. The number of aliphatic carboxylic acids is 1. The second kappa shape index (κ2) is 7.61. The van der Waals surface area contributed by atoms with Gasteiger partial charge in [-0.05, 0) is 24.2 Å². The van der Waals surface area contributed by atoms with Gasteiger partial charge in [-0.25, -0.2) is 4.79 Å². The molecule has 0 spiro atoms. The van der Waals surface area contributed by atoms with Gasteiger partial charge in [-0.15, -0.1) is 0 Å². The monoisotopic (exact) mass is 366 g/mol. The molecule has 1 heterocycles. The molecule has 3 atom stereocenters. The van der Waals surface area contributed by atoms with E-state index in [1.165, 1.54) is 20.8 Å². The molecule has 2 N–H and O–H groups in total. The number of amides is 2. The minimum Gasteiger partial charge on any atom is -0.480 e. The van der Waals surface area contributed by atoms with Crippen molar-refractivity contribution in [2.45, 2.75) is 65.2 Å². The average molecular weight is 366 g/mol. The fourth-order valence-corrected chi connectivity index (χ4v) is 3.05. The summed E-state index contributed by atoms with van der Waals surface area (Å²) in [5.74, 6) is -4.22. The number of hydrogen-bond acceptors (Lipinski definition) is 3. The summed E-state index contributed by atoms with van der Waals surface area (Å²) in [7, 11) is 0. The number of hydrogen-bond donors (Lipinski definition) is 2. The fourth-order valence-electron chi connectivity index (χ4n) is 3.05. The van der Waals surface area contributed by atoms with Gasteiger partial charge in [0.15, 0.2) is 0 Å². The van der Waals surface area contributed by atoms with Gasteiger partial charge in [-0.3, -0.25) is 9.59 Å². The zero-order chi connectivity index (χ0) is 19.6. The molecule has 0 aromatic rings. The average Bonchev–Trinajstić information content (AvgIpc) is 2.86. The first-order valence-corrected chi connectivity index (χ1v) is 8.20. The molecule has 0 aromatic carbocycles. The van der Waals surface area contributed by atoms with E-state index in [1.54, 1.807) is 5.32 Å². The normalized spacial score (nSPS) is 22.6. The largest absolute Gasteiger partial charge is 0.480 e. The molecule has 6 nitrogen and oxygen atoms in total. The molecular weight excluding hydrogens is 341 g/mol. The van der Waals surface area contributed by atoms with Crippen LogP contribution in [-0.4, -0.2) is 52.6 Å². The highest BCUT2D eigenvalue weighted by molar-refractivity contribution is 5.92. The lowest BCUT2D eigenvalue weighted by Crippen LogP contribution is -2.58. The third-order valence-electron chi connectivity index (χ3n) is 4.30. The lowest BCUT2D eigenvalue weighted by molar-refractivity contribution is -0.176. The number of rotatable bonds is 5. The van der Waals surface area contributed by atoms with E-state index in [0.717, 1.165) is 17.7 Å². The first kappa shape index (κ1) is 21.2. The third-order valence-corrected chi connectivity index (χ3v) is 4.30. The molecule has 0 aromatic heterocycles. The second-order valence-corrected chi connectivity index (χ2v) is 7.51. The van der Waals surface area contributed by atoms with Gasteiger partial charge >= 0.3 is 18.1 Å². The van der Waals surface area contributed by atoms with Crippen LogP contribution in [-0.2, 0) is 14.4 Å². The molecule has 1 fully saturated rings. The number of carboxylic acid groups (broad SMARTS) is 1. The molecule has 1 aliphatic rings. The Kier molecular flexibility index (Phi) is 6.47. The van der Waals surface area contributed by atoms with Crippen LogP contribution in [0.1, 0.15) is 47.0 Å². The first-order chi connectivity index (χ1) is 11.3. The van der Waals surface area contributed by atoms with Crippen LogP contribution in [0.3, 0.4) is 0 Å².